The summed E-state index contributed by atoms with van der Waals surface area (Å²) in [6, 6.07) is 17.4. The van der Waals surface area contributed by atoms with Crippen LogP contribution in [0.1, 0.15) is 23.5 Å². The molecule has 1 atom stereocenters. The highest BCUT2D eigenvalue weighted by Gasteiger charge is 2.34. The molecule has 0 saturated heterocycles. The van der Waals surface area contributed by atoms with Crippen molar-refractivity contribution in [1.29, 1.82) is 0 Å². The zero-order chi connectivity index (χ0) is 22.5. The van der Waals surface area contributed by atoms with Gasteiger partial charge in [0.25, 0.3) is 0 Å². The Hall–Kier alpha value is -4.52. The van der Waals surface area contributed by atoms with Crippen LogP contribution in [0.3, 0.4) is 0 Å². The van der Waals surface area contributed by atoms with Crippen molar-refractivity contribution in [3.63, 3.8) is 0 Å². The molecule has 3 heterocycles. The van der Waals surface area contributed by atoms with Crippen LogP contribution in [-0.2, 0) is 4.79 Å². The molecule has 0 amide bonds. The van der Waals surface area contributed by atoms with Crippen LogP contribution in [0.4, 0.5) is 0 Å². The van der Waals surface area contributed by atoms with Crippen molar-refractivity contribution in [3.05, 3.63) is 94.4 Å². The molecule has 160 valence electrons. The summed E-state index contributed by atoms with van der Waals surface area (Å²) in [5.41, 5.74) is 3.14. The van der Waals surface area contributed by atoms with Crippen molar-refractivity contribution in [3.8, 4) is 22.8 Å². The van der Waals surface area contributed by atoms with E-state index in [1.165, 1.54) is 12.1 Å². The van der Waals surface area contributed by atoms with Crippen molar-refractivity contribution in [2.24, 2.45) is 0 Å². The Morgan fingerprint density at radius 1 is 0.939 bits per heavy atom. The Morgan fingerprint density at radius 3 is 2.61 bits per heavy atom. The lowest BCUT2D eigenvalue weighted by Crippen LogP contribution is -2.22. The Kier molecular flexibility index (Phi) is 4.23. The van der Waals surface area contributed by atoms with Gasteiger partial charge in [-0.05, 0) is 11.6 Å². The number of ether oxygens (including phenoxy) is 1. The van der Waals surface area contributed by atoms with Crippen LogP contribution >= 0.6 is 0 Å². The van der Waals surface area contributed by atoms with E-state index >= 15 is 0 Å². The van der Waals surface area contributed by atoms with Crippen LogP contribution < -0.4 is 10.2 Å². The second kappa shape index (κ2) is 7.27. The maximum atomic E-state index is 13.0. The number of phenolic OH excluding ortho intramolecular Hbond substituents is 1. The summed E-state index contributed by atoms with van der Waals surface area (Å²) in [6.45, 7) is 0. The number of hydrogen-bond acceptors (Lipinski definition) is 7. The molecule has 1 aliphatic rings. The fourth-order valence-corrected chi connectivity index (χ4v) is 4.47. The standard InChI is InChI=1S/C26H16N2O5/c29-18-12-20(14-5-2-1-3-6-14)33-26-23-16(11-22(31)32-21(23)13-19(30)24(18)26)15-7-4-8-17-25(15)28-10-9-27-17/h1-10,12-13,16,30H,11H2/t16-/m0/s1. The number of nitrogens with zero attached hydrogens (tertiary/aromatic N) is 2. The zero-order valence-electron chi connectivity index (χ0n) is 17.2. The van der Waals surface area contributed by atoms with Gasteiger partial charge in [-0.25, -0.2) is 0 Å². The number of aromatic nitrogens is 2. The highest BCUT2D eigenvalue weighted by molar-refractivity contribution is 5.94. The maximum absolute atomic E-state index is 13.0. The van der Waals surface area contributed by atoms with Crippen molar-refractivity contribution < 1.29 is 19.1 Å². The monoisotopic (exact) mass is 436 g/mol. The van der Waals surface area contributed by atoms with Crippen molar-refractivity contribution >= 4 is 28.0 Å². The number of para-hydroxylation sites is 1. The summed E-state index contributed by atoms with van der Waals surface area (Å²) < 4.78 is 11.7. The van der Waals surface area contributed by atoms with Gasteiger partial charge in [0.2, 0.25) is 0 Å². The van der Waals surface area contributed by atoms with Gasteiger partial charge in [-0.2, -0.15) is 0 Å². The molecule has 0 saturated carbocycles. The minimum absolute atomic E-state index is 0.0296. The zero-order valence-corrected chi connectivity index (χ0v) is 17.2. The predicted octanol–water partition coefficient (Wildman–Crippen LogP) is 4.55. The third-order valence-corrected chi connectivity index (χ3v) is 5.89. The predicted molar refractivity (Wildman–Crippen MR) is 121 cm³/mol. The van der Waals surface area contributed by atoms with Gasteiger partial charge in [0.1, 0.15) is 28.2 Å². The summed E-state index contributed by atoms with van der Waals surface area (Å²) in [4.78, 5) is 34.4. The van der Waals surface area contributed by atoms with E-state index in [2.05, 4.69) is 9.97 Å². The van der Waals surface area contributed by atoms with E-state index < -0.39 is 11.9 Å². The molecule has 7 heteroatoms. The van der Waals surface area contributed by atoms with Crippen LogP contribution in [0.2, 0.25) is 0 Å². The summed E-state index contributed by atoms with van der Waals surface area (Å²) in [7, 11) is 0. The number of carbonyl (C=O) groups is 1. The first-order valence-corrected chi connectivity index (χ1v) is 10.4. The minimum Gasteiger partial charge on any atom is -0.507 e. The third kappa shape index (κ3) is 3.05. The summed E-state index contributed by atoms with van der Waals surface area (Å²) in [5.74, 6) is -0.735. The number of carbonyl (C=O) groups excluding carboxylic acids is 1. The molecule has 1 N–H and O–H groups in total. The second-order valence-corrected chi connectivity index (χ2v) is 7.85. The molecule has 3 aromatic carbocycles. The largest absolute Gasteiger partial charge is 0.507 e. The molecule has 0 bridgehead atoms. The lowest BCUT2D eigenvalue weighted by atomic mass is 9.84. The Labute approximate surface area is 186 Å². The molecule has 0 unspecified atom stereocenters. The van der Waals surface area contributed by atoms with Crippen LogP contribution in [-0.4, -0.2) is 21.0 Å². The van der Waals surface area contributed by atoms with Crippen molar-refractivity contribution in [2.45, 2.75) is 12.3 Å². The molecule has 33 heavy (non-hydrogen) atoms. The van der Waals surface area contributed by atoms with Crippen LogP contribution in [0.15, 0.2) is 82.3 Å². The lowest BCUT2D eigenvalue weighted by molar-refractivity contribution is -0.135. The topological polar surface area (TPSA) is 103 Å². The van der Waals surface area contributed by atoms with E-state index in [9.17, 15) is 14.7 Å². The summed E-state index contributed by atoms with van der Waals surface area (Å²) in [5, 5.41) is 10.7. The number of phenols is 1. The lowest BCUT2D eigenvalue weighted by Gasteiger charge is -2.26. The van der Waals surface area contributed by atoms with Gasteiger partial charge in [-0.3, -0.25) is 19.6 Å². The molecule has 5 aromatic rings. The van der Waals surface area contributed by atoms with Crippen molar-refractivity contribution in [2.75, 3.05) is 0 Å². The first-order chi connectivity index (χ1) is 16.1. The van der Waals surface area contributed by atoms with E-state index in [1.54, 1.807) is 12.4 Å². The normalized spacial score (nSPS) is 15.4. The van der Waals surface area contributed by atoms with Crippen LogP contribution in [0, 0.1) is 0 Å². The van der Waals surface area contributed by atoms with Gasteiger partial charge in [0.05, 0.1) is 17.5 Å². The average molecular weight is 436 g/mol. The maximum Gasteiger partial charge on any atom is 0.312 e. The fourth-order valence-electron chi connectivity index (χ4n) is 4.47. The van der Waals surface area contributed by atoms with Gasteiger partial charge in [0.15, 0.2) is 5.43 Å². The van der Waals surface area contributed by atoms with E-state index in [0.29, 0.717) is 27.9 Å². The van der Waals surface area contributed by atoms with Gasteiger partial charge < -0.3 is 14.3 Å². The minimum atomic E-state index is -0.501. The summed E-state index contributed by atoms with van der Waals surface area (Å²) in [6.07, 6.45) is 3.23. The molecular weight excluding hydrogens is 420 g/mol. The molecular formula is C26H16N2O5. The van der Waals surface area contributed by atoms with Gasteiger partial charge in [-0.15, -0.1) is 0 Å². The highest BCUT2D eigenvalue weighted by Crippen LogP contribution is 2.46. The third-order valence-electron chi connectivity index (χ3n) is 5.89. The Balaban J connectivity index is 1.70. The van der Waals surface area contributed by atoms with Crippen LogP contribution in [0.5, 0.6) is 11.5 Å². The fraction of sp³-hybridized carbons (Fsp3) is 0.0769. The Bertz CT molecular complexity index is 1620. The number of benzene rings is 3. The van der Waals surface area contributed by atoms with E-state index in [4.69, 9.17) is 9.15 Å². The van der Waals surface area contributed by atoms with Crippen LogP contribution in [0.25, 0.3) is 33.3 Å². The highest BCUT2D eigenvalue weighted by atomic mass is 16.5. The van der Waals surface area contributed by atoms with E-state index in [-0.39, 0.29) is 34.3 Å². The quantitative estimate of drug-likeness (QED) is 0.320. The number of aromatic hydroxyl groups is 1. The van der Waals surface area contributed by atoms with Gasteiger partial charge in [0, 0.05) is 41.6 Å². The number of rotatable bonds is 2. The Morgan fingerprint density at radius 2 is 1.76 bits per heavy atom. The first kappa shape index (κ1) is 19.2. The van der Waals surface area contributed by atoms with Gasteiger partial charge >= 0.3 is 5.97 Å². The average Bonchev–Trinajstić information content (AvgIpc) is 2.83. The first-order valence-electron chi connectivity index (χ1n) is 10.4. The molecule has 0 radical (unpaired) electrons. The smallest absolute Gasteiger partial charge is 0.312 e. The molecule has 0 spiro atoms. The SMILES string of the molecule is O=C1C[C@@H](c2cccc3nccnc23)c2c(cc(O)c3c(=O)cc(-c4ccccc4)oc23)O1. The molecule has 7 nitrogen and oxygen atoms in total. The number of hydrogen-bond donors (Lipinski definition) is 1. The molecule has 0 aliphatic carbocycles. The van der Waals surface area contributed by atoms with E-state index in [0.717, 1.165) is 5.56 Å². The summed E-state index contributed by atoms with van der Waals surface area (Å²) >= 11 is 0. The molecule has 2 aromatic heterocycles. The molecule has 1 aliphatic heterocycles. The molecule has 6 rings (SSSR count). The second-order valence-electron chi connectivity index (χ2n) is 7.85. The van der Waals surface area contributed by atoms with Gasteiger partial charge in [-0.1, -0.05) is 42.5 Å². The van der Waals surface area contributed by atoms with E-state index in [1.807, 2.05) is 48.5 Å². The van der Waals surface area contributed by atoms with Crippen molar-refractivity contribution in [1.82, 2.24) is 9.97 Å². The number of esters is 1. The number of fused-ring (bicyclic) bond motifs is 4. The molecule has 0 fully saturated rings.